The fourth-order valence-electron chi connectivity index (χ4n) is 2.00. The van der Waals surface area contributed by atoms with Gasteiger partial charge in [0.1, 0.15) is 6.04 Å². The summed E-state index contributed by atoms with van der Waals surface area (Å²) in [5, 5.41) is 3.30. The van der Waals surface area contributed by atoms with Crippen LogP contribution in [0.3, 0.4) is 0 Å². The Balaban J connectivity index is 2.65. The molecule has 0 radical (unpaired) electrons. The van der Waals surface area contributed by atoms with Gasteiger partial charge in [-0.05, 0) is 26.9 Å². The number of esters is 1. The maximum absolute atomic E-state index is 12.1. The number of thiazole rings is 1. The summed E-state index contributed by atoms with van der Waals surface area (Å²) in [4.78, 5) is 19.6. The van der Waals surface area contributed by atoms with Crippen LogP contribution in [0.15, 0.2) is 5.51 Å². The Morgan fingerprint density at radius 2 is 2.15 bits per heavy atom. The molecule has 5 nitrogen and oxygen atoms in total. The van der Waals surface area contributed by atoms with Gasteiger partial charge >= 0.3 is 5.97 Å². The van der Waals surface area contributed by atoms with E-state index in [1.807, 2.05) is 13.8 Å². The third kappa shape index (κ3) is 4.85. The molecule has 0 saturated heterocycles. The van der Waals surface area contributed by atoms with Gasteiger partial charge in [0.25, 0.3) is 0 Å². The molecule has 1 atom stereocenters. The first-order chi connectivity index (χ1) is 9.63. The quantitative estimate of drug-likeness (QED) is 0.707. The summed E-state index contributed by atoms with van der Waals surface area (Å²) in [6.07, 6.45) is 0. The molecule has 1 aromatic rings. The van der Waals surface area contributed by atoms with Crippen molar-refractivity contribution in [2.45, 2.75) is 33.7 Å². The maximum Gasteiger partial charge on any atom is 0.328 e. The largest absolute Gasteiger partial charge is 0.465 e. The van der Waals surface area contributed by atoms with Crippen molar-refractivity contribution in [3.8, 4) is 0 Å². The summed E-state index contributed by atoms with van der Waals surface area (Å²) in [7, 11) is 0. The van der Waals surface area contributed by atoms with Gasteiger partial charge in [0.2, 0.25) is 0 Å². The van der Waals surface area contributed by atoms with E-state index in [1.165, 1.54) is 11.3 Å². The summed E-state index contributed by atoms with van der Waals surface area (Å²) in [6, 6.07) is -0.405. The molecular weight excluding hydrogens is 274 g/mol. The van der Waals surface area contributed by atoms with Crippen molar-refractivity contribution >= 4 is 17.3 Å². The van der Waals surface area contributed by atoms with Gasteiger partial charge in [-0.1, -0.05) is 13.8 Å². The molecule has 1 N–H and O–H groups in total. The molecule has 0 aliphatic rings. The monoisotopic (exact) mass is 299 g/mol. The van der Waals surface area contributed by atoms with E-state index in [2.05, 4.69) is 29.0 Å². The van der Waals surface area contributed by atoms with E-state index >= 15 is 0 Å². The number of ether oxygens (including phenoxy) is 1. The van der Waals surface area contributed by atoms with Crippen molar-refractivity contribution in [3.05, 3.63) is 16.1 Å². The Bertz CT molecular complexity index is 405. The zero-order valence-corrected chi connectivity index (χ0v) is 13.6. The van der Waals surface area contributed by atoms with Crippen LogP contribution in [-0.4, -0.2) is 48.6 Å². The molecule has 6 heteroatoms. The van der Waals surface area contributed by atoms with Crippen LogP contribution in [0.25, 0.3) is 0 Å². The fraction of sp³-hybridized carbons (Fsp3) is 0.714. The Kier molecular flexibility index (Phi) is 7.72. The minimum atomic E-state index is -0.405. The lowest BCUT2D eigenvalue weighted by Crippen LogP contribution is -2.37. The zero-order valence-electron chi connectivity index (χ0n) is 12.8. The molecule has 0 saturated carbocycles. The molecular formula is C14H25N3O2S. The minimum Gasteiger partial charge on any atom is -0.465 e. The third-order valence-electron chi connectivity index (χ3n) is 3.24. The van der Waals surface area contributed by atoms with Crippen LogP contribution in [0.5, 0.6) is 0 Å². The molecule has 1 heterocycles. The summed E-state index contributed by atoms with van der Waals surface area (Å²) in [5.74, 6) is -0.223. The lowest BCUT2D eigenvalue weighted by molar-refractivity contribution is -0.145. The number of nitrogens with one attached hydrogen (secondary N) is 1. The van der Waals surface area contributed by atoms with E-state index in [-0.39, 0.29) is 5.97 Å². The number of carbonyl (C=O) groups excluding carboxylic acids is 1. The van der Waals surface area contributed by atoms with Gasteiger partial charge in [-0.2, -0.15) is 0 Å². The second kappa shape index (κ2) is 9.05. The molecule has 0 aliphatic heterocycles. The van der Waals surface area contributed by atoms with Crippen LogP contribution >= 0.6 is 11.3 Å². The Labute approximate surface area is 125 Å². The minimum absolute atomic E-state index is 0.223. The molecule has 1 aromatic heterocycles. The van der Waals surface area contributed by atoms with E-state index in [0.717, 1.165) is 36.8 Å². The van der Waals surface area contributed by atoms with Crippen molar-refractivity contribution < 1.29 is 9.53 Å². The van der Waals surface area contributed by atoms with Gasteiger partial charge in [0.05, 0.1) is 22.7 Å². The fourth-order valence-corrected chi connectivity index (χ4v) is 2.87. The highest BCUT2D eigenvalue weighted by atomic mass is 32.1. The first-order valence-electron chi connectivity index (χ1n) is 7.16. The van der Waals surface area contributed by atoms with Gasteiger partial charge in [-0.3, -0.25) is 5.32 Å². The molecule has 0 amide bonds. The van der Waals surface area contributed by atoms with Gasteiger partial charge in [-0.25, -0.2) is 9.78 Å². The molecule has 0 aromatic carbocycles. The highest BCUT2D eigenvalue weighted by molar-refractivity contribution is 7.10. The van der Waals surface area contributed by atoms with Gasteiger partial charge < -0.3 is 9.64 Å². The van der Waals surface area contributed by atoms with Crippen LogP contribution in [-0.2, 0) is 9.53 Å². The van der Waals surface area contributed by atoms with E-state index in [0.29, 0.717) is 6.61 Å². The summed E-state index contributed by atoms with van der Waals surface area (Å²) < 4.78 is 5.16. The molecule has 1 unspecified atom stereocenters. The van der Waals surface area contributed by atoms with Crippen LogP contribution < -0.4 is 5.32 Å². The number of hydrogen-bond acceptors (Lipinski definition) is 6. The smallest absolute Gasteiger partial charge is 0.328 e. The van der Waals surface area contributed by atoms with Crippen molar-refractivity contribution in [1.29, 1.82) is 0 Å². The molecule has 0 spiro atoms. The Morgan fingerprint density at radius 3 is 2.65 bits per heavy atom. The predicted molar refractivity (Wildman–Crippen MR) is 82.0 cm³/mol. The van der Waals surface area contributed by atoms with Gasteiger partial charge in [0, 0.05) is 13.1 Å². The van der Waals surface area contributed by atoms with Crippen molar-refractivity contribution in [2.24, 2.45) is 0 Å². The number of hydrogen-bond donors (Lipinski definition) is 1. The van der Waals surface area contributed by atoms with Crippen LogP contribution in [0.1, 0.15) is 37.4 Å². The summed E-state index contributed by atoms with van der Waals surface area (Å²) in [6.45, 7) is 12.1. The molecule has 0 fully saturated rings. The summed E-state index contributed by atoms with van der Waals surface area (Å²) in [5.41, 5.74) is 2.66. The van der Waals surface area contributed by atoms with E-state index in [1.54, 1.807) is 5.51 Å². The normalized spacial score (nSPS) is 12.7. The molecule has 114 valence electrons. The maximum atomic E-state index is 12.1. The van der Waals surface area contributed by atoms with Crippen molar-refractivity contribution in [1.82, 2.24) is 15.2 Å². The second-order valence-electron chi connectivity index (χ2n) is 4.47. The van der Waals surface area contributed by atoms with Crippen molar-refractivity contribution in [2.75, 3.05) is 32.8 Å². The molecule has 20 heavy (non-hydrogen) atoms. The van der Waals surface area contributed by atoms with Gasteiger partial charge in [0.15, 0.2) is 0 Å². The second-order valence-corrected chi connectivity index (χ2v) is 5.35. The molecule has 0 aliphatic carbocycles. The number of nitrogens with zero attached hydrogens (tertiary/aromatic N) is 2. The van der Waals surface area contributed by atoms with Crippen molar-refractivity contribution in [3.63, 3.8) is 0 Å². The average Bonchev–Trinajstić information content (AvgIpc) is 2.85. The van der Waals surface area contributed by atoms with Crippen LogP contribution in [0.4, 0.5) is 0 Å². The zero-order chi connectivity index (χ0) is 15.0. The summed E-state index contributed by atoms with van der Waals surface area (Å²) >= 11 is 1.49. The number of likely N-dealkylation sites (N-methyl/N-ethyl adjacent to an activating group) is 1. The third-order valence-corrected chi connectivity index (χ3v) is 4.23. The number of rotatable bonds is 9. The first kappa shape index (κ1) is 17.1. The highest BCUT2D eigenvalue weighted by Gasteiger charge is 2.24. The Hall–Kier alpha value is -0.980. The number of aryl methyl sites for hydroxylation is 1. The number of aromatic nitrogens is 1. The first-order valence-corrected chi connectivity index (χ1v) is 8.04. The lowest BCUT2D eigenvalue weighted by atomic mass is 10.2. The van der Waals surface area contributed by atoms with Crippen LogP contribution in [0.2, 0.25) is 0 Å². The standard InChI is InChI=1S/C14H25N3O2S/c1-5-17(6-2)9-8-15-12(14(18)19-7-3)13-11(4)16-10-20-13/h10,12,15H,5-9H2,1-4H3. The van der Waals surface area contributed by atoms with Crippen LogP contribution in [0, 0.1) is 6.92 Å². The molecule has 0 bridgehead atoms. The highest BCUT2D eigenvalue weighted by Crippen LogP contribution is 2.22. The van der Waals surface area contributed by atoms with E-state index in [4.69, 9.17) is 4.74 Å². The predicted octanol–water partition coefficient (Wildman–Crippen LogP) is 1.99. The lowest BCUT2D eigenvalue weighted by Gasteiger charge is -2.21. The SMILES string of the molecule is CCOC(=O)C(NCCN(CC)CC)c1scnc1C. The molecule has 1 rings (SSSR count). The average molecular weight is 299 g/mol. The van der Waals surface area contributed by atoms with E-state index < -0.39 is 6.04 Å². The topological polar surface area (TPSA) is 54.5 Å². The van der Waals surface area contributed by atoms with E-state index in [9.17, 15) is 4.79 Å². The number of carbonyl (C=O) groups is 1. The Morgan fingerprint density at radius 1 is 1.45 bits per heavy atom. The van der Waals surface area contributed by atoms with Gasteiger partial charge in [-0.15, -0.1) is 11.3 Å².